The van der Waals surface area contributed by atoms with Crippen molar-refractivity contribution in [3.05, 3.63) is 64.2 Å². The Balaban J connectivity index is 2.45. The van der Waals surface area contributed by atoms with Crippen LogP contribution in [-0.4, -0.2) is 24.5 Å². The first-order valence-electron chi connectivity index (χ1n) is 7.83. The van der Waals surface area contributed by atoms with Gasteiger partial charge in [0.15, 0.2) is 0 Å². The zero-order chi connectivity index (χ0) is 20.4. The van der Waals surface area contributed by atoms with Gasteiger partial charge in [0.05, 0.1) is 15.5 Å². The third-order valence-corrected chi connectivity index (χ3v) is 5.03. The summed E-state index contributed by atoms with van der Waals surface area (Å²) in [6.45, 7) is 5.62. The summed E-state index contributed by atoms with van der Waals surface area (Å²) < 4.78 is 25.2. The SMILES string of the molecule is CC(C)(C)c1ccccc1N(NS(=O)(=O)c1ccc([N+](=O)[O-])cc1)C(=O)O. The molecule has 2 aromatic rings. The van der Waals surface area contributed by atoms with Gasteiger partial charge in [-0.2, -0.15) is 5.01 Å². The fraction of sp³-hybridized carbons (Fsp3) is 0.235. The molecule has 2 N–H and O–H groups in total. The highest BCUT2D eigenvalue weighted by Crippen LogP contribution is 2.31. The zero-order valence-electron chi connectivity index (χ0n) is 14.9. The van der Waals surface area contributed by atoms with E-state index in [0.717, 1.165) is 24.3 Å². The summed E-state index contributed by atoms with van der Waals surface area (Å²) in [5, 5.41) is 20.8. The van der Waals surface area contributed by atoms with Crippen LogP contribution in [0.15, 0.2) is 53.4 Å². The van der Waals surface area contributed by atoms with E-state index < -0.39 is 26.5 Å². The zero-order valence-corrected chi connectivity index (χ0v) is 15.7. The number of non-ortho nitro benzene ring substituents is 1. The number of hydrogen-bond acceptors (Lipinski definition) is 5. The number of sulfonamides is 1. The Morgan fingerprint density at radius 3 is 2.15 bits per heavy atom. The van der Waals surface area contributed by atoms with Gasteiger partial charge in [-0.3, -0.25) is 10.1 Å². The largest absolute Gasteiger partial charge is 0.464 e. The highest BCUT2D eigenvalue weighted by atomic mass is 32.2. The maximum atomic E-state index is 12.6. The van der Waals surface area contributed by atoms with Crippen LogP contribution in [0.3, 0.4) is 0 Å². The van der Waals surface area contributed by atoms with Gasteiger partial charge in [-0.15, -0.1) is 4.83 Å². The monoisotopic (exact) mass is 393 g/mol. The maximum absolute atomic E-state index is 12.6. The van der Waals surface area contributed by atoms with E-state index in [9.17, 15) is 28.4 Å². The molecule has 27 heavy (non-hydrogen) atoms. The Hall–Kier alpha value is -2.98. The predicted molar refractivity (Wildman–Crippen MR) is 99.1 cm³/mol. The third kappa shape index (κ3) is 4.60. The van der Waals surface area contributed by atoms with Crippen LogP contribution >= 0.6 is 0 Å². The minimum Gasteiger partial charge on any atom is -0.464 e. The van der Waals surface area contributed by atoms with Crippen LogP contribution in [0.25, 0.3) is 0 Å². The lowest BCUT2D eigenvalue weighted by Gasteiger charge is -2.28. The van der Waals surface area contributed by atoms with E-state index >= 15 is 0 Å². The number of nitro groups is 1. The average molecular weight is 393 g/mol. The number of nitrogens with one attached hydrogen (secondary N) is 1. The summed E-state index contributed by atoms with van der Waals surface area (Å²) in [6.07, 6.45) is -1.52. The summed E-state index contributed by atoms with van der Waals surface area (Å²) in [6, 6.07) is 10.7. The number of hydrazine groups is 1. The van der Waals surface area contributed by atoms with Crippen LogP contribution in [0.4, 0.5) is 16.2 Å². The second kappa shape index (κ2) is 7.33. The average Bonchev–Trinajstić information content (AvgIpc) is 2.59. The highest BCUT2D eigenvalue weighted by Gasteiger charge is 2.28. The third-order valence-electron chi connectivity index (χ3n) is 3.71. The van der Waals surface area contributed by atoms with Gasteiger partial charge in [0, 0.05) is 12.1 Å². The Bertz CT molecular complexity index is 965. The fourth-order valence-corrected chi connectivity index (χ4v) is 3.43. The Morgan fingerprint density at radius 1 is 1.11 bits per heavy atom. The summed E-state index contributed by atoms with van der Waals surface area (Å²) in [4.78, 5) is 23.5. The number of amides is 1. The van der Waals surface area contributed by atoms with E-state index in [0.29, 0.717) is 10.6 Å². The molecule has 0 bridgehead atoms. The number of nitrogens with zero attached hydrogens (tertiary/aromatic N) is 2. The second-order valence-corrected chi connectivity index (χ2v) is 8.39. The molecule has 144 valence electrons. The molecular formula is C17H19N3O6S. The second-order valence-electron chi connectivity index (χ2n) is 6.73. The summed E-state index contributed by atoms with van der Waals surface area (Å²) >= 11 is 0. The van der Waals surface area contributed by atoms with Crippen molar-refractivity contribution in [2.45, 2.75) is 31.1 Å². The molecule has 9 nitrogen and oxygen atoms in total. The van der Waals surface area contributed by atoms with Crippen molar-refractivity contribution in [2.24, 2.45) is 0 Å². The molecular weight excluding hydrogens is 374 g/mol. The van der Waals surface area contributed by atoms with E-state index in [1.165, 1.54) is 6.07 Å². The molecule has 0 radical (unpaired) electrons. The molecule has 0 aliphatic rings. The molecule has 0 atom stereocenters. The smallest absolute Gasteiger partial charge is 0.427 e. The lowest BCUT2D eigenvalue weighted by atomic mass is 9.86. The van der Waals surface area contributed by atoms with Gasteiger partial charge in [-0.25, -0.2) is 13.2 Å². The van der Waals surface area contributed by atoms with Gasteiger partial charge in [0.2, 0.25) is 0 Å². The summed E-state index contributed by atoms with van der Waals surface area (Å²) in [7, 11) is -4.28. The minimum atomic E-state index is -4.28. The Morgan fingerprint density at radius 2 is 1.67 bits per heavy atom. The molecule has 0 heterocycles. The van der Waals surface area contributed by atoms with Gasteiger partial charge in [-0.1, -0.05) is 39.0 Å². The van der Waals surface area contributed by atoms with Crippen LogP contribution in [0.1, 0.15) is 26.3 Å². The number of para-hydroxylation sites is 1. The molecule has 2 rings (SSSR count). The van der Waals surface area contributed by atoms with Crippen molar-refractivity contribution >= 4 is 27.5 Å². The molecule has 0 aromatic heterocycles. The first-order chi connectivity index (χ1) is 12.4. The molecule has 1 amide bonds. The van der Waals surface area contributed by atoms with Crippen molar-refractivity contribution < 1.29 is 23.2 Å². The lowest BCUT2D eigenvalue weighted by Crippen LogP contribution is -2.46. The number of rotatable bonds is 5. The van der Waals surface area contributed by atoms with Crippen LogP contribution < -0.4 is 9.84 Å². The molecule has 0 fully saturated rings. The molecule has 0 saturated carbocycles. The number of carbonyl (C=O) groups is 1. The van der Waals surface area contributed by atoms with Gasteiger partial charge in [0.1, 0.15) is 0 Å². The number of carboxylic acid groups (broad SMARTS) is 1. The first kappa shape index (κ1) is 20.3. The van der Waals surface area contributed by atoms with Gasteiger partial charge < -0.3 is 5.11 Å². The van der Waals surface area contributed by atoms with E-state index in [-0.39, 0.29) is 16.3 Å². The fourth-order valence-electron chi connectivity index (χ4n) is 2.41. The summed E-state index contributed by atoms with van der Waals surface area (Å²) in [5.74, 6) is 0. The van der Waals surface area contributed by atoms with E-state index in [1.807, 2.05) is 25.6 Å². The Labute approximate surface area is 156 Å². The van der Waals surface area contributed by atoms with Crippen molar-refractivity contribution in [2.75, 3.05) is 5.01 Å². The van der Waals surface area contributed by atoms with Gasteiger partial charge in [0.25, 0.3) is 15.7 Å². The van der Waals surface area contributed by atoms with Crippen LogP contribution in [-0.2, 0) is 15.4 Å². The van der Waals surface area contributed by atoms with Gasteiger partial charge >= 0.3 is 6.09 Å². The number of anilines is 1. The lowest BCUT2D eigenvalue weighted by molar-refractivity contribution is -0.384. The van der Waals surface area contributed by atoms with Crippen LogP contribution in [0.2, 0.25) is 0 Å². The molecule has 0 spiro atoms. The minimum absolute atomic E-state index is 0.169. The van der Waals surface area contributed by atoms with Crippen LogP contribution in [0.5, 0.6) is 0 Å². The standard InChI is InChI=1S/C17H19N3O6S/c1-17(2,3)14-6-4-5-7-15(14)19(16(21)22)18-27(25,26)13-10-8-12(9-11-13)20(23)24/h4-11,18H,1-3H3,(H,21,22). The molecule has 0 saturated heterocycles. The quantitative estimate of drug-likeness (QED) is 0.592. The summed E-state index contributed by atoms with van der Waals surface area (Å²) in [5.41, 5.74) is 0.0761. The number of nitro benzene ring substituents is 1. The van der Waals surface area contributed by atoms with Crippen molar-refractivity contribution in [3.8, 4) is 0 Å². The van der Waals surface area contributed by atoms with Crippen molar-refractivity contribution in [3.63, 3.8) is 0 Å². The topological polar surface area (TPSA) is 130 Å². The maximum Gasteiger partial charge on any atom is 0.427 e. The number of hydrogen-bond donors (Lipinski definition) is 2. The molecule has 0 aliphatic carbocycles. The van der Waals surface area contributed by atoms with Gasteiger partial charge in [-0.05, 0) is 29.2 Å². The molecule has 0 aliphatic heterocycles. The van der Waals surface area contributed by atoms with Crippen molar-refractivity contribution in [1.29, 1.82) is 0 Å². The number of benzene rings is 2. The van der Waals surface area contributed by atoms with E-state index in [2.05, 4.69) is 0 Å². The highest BCUT2D eigenvalue weighted by molar-refractivity contribution is 7.89. The van der Waals surface area contributed by atoms with Crippen LogP contribution in [0, 0.1) is 10.1 Å². The molecule has 2 aromatic carbocycles. The molecule has 0 unspecified atom stereocenters. The van der Waals surface area contributed by atoms with Crippen molar-refractivity contribution in [1.82, 2.24) is 4.83 Å². The first-order valence-corrected chi connectivity index (χ1v) is 9.31. The normalized spacial score (nSPS) is 11.8. The van der Waals surface area contributed by atoms with E-state index in [1.54, 1.807) is 18.2 Å². The Kier molecular flexibility index (Phi) is 5.52. The predicted octanol–water partition coefficient (Wildman–Crippen LogP) is 3.27. The molecule has 10 heteroatoms. The van der Waals surface area contributed by atoms with E-state index in [4.69, 9.17) is 0 Å².